The second-order valence-electron chi connectivity index (χ2n) is 4.51. The van der Waals surface area contributed by atoms with Crippen molar-refractivity contribution in [2.45, 2.75) is 31.9 Å². The SMILES string of the molecule is CC(NCC1CCCO1)c1ccc(O)cc1O. The van der Waals surface area contributed by atoms with E-state index in [0.29, 0.717) is 0 Å². The van der Waals surface area contributed by atoms with Crippen LogP contribution in [0.15, 0.2) is 18.2 Å². The molecule has 17 heavy (non-hydrogen) atoms. The maximum Gasteiger partial charge on any atom is 0.124 e. The molecule has 1 heterocycles. The molecule has 0 aliphatic carbocycles. The Morgan fingerprint density at radius 2 is 2.29 bits per heavy atom. The van der Waals surface area contributed by atoms with Crippen molar-refractivity contribution >= 4 is 0 Å². The van der Waals surface area contributed by atoms with Gasteiger partial charge in [-0.05, 0) is 25.8 Å². The van der Waals surface area contributed by atoms with E-state index in [0.717, 1.165) is 31.6 Å². The van der Waals surface area contributed by atoms with Crippen molar-refractivity contribution in [2.75, 3.05) is 13.2 Å². The summed E-state index contributed by atoms with van der Waals surface area (Å²) >= 11 is 0. The lowest BCUT2D eigenvalue weighted by molar-refractivity contribution is 0.108. The Morgan fingerprint density at radius 3 is 2.94 bits per heavy atom. The fraction of sp³-hybridized carbons (Fsp3) is 0.538. The zero-order valence-electron chi connectivity index (χ0n) is 10.0. The van der Waals surface area contributed by atoms with Crippen LogP contribution >= 0.6 is 0 Å². The monoisotopic (exact) mass is 237 g/mol. The molecule has 94 valence electrons. The summed E-state index contributed by atoms with van der Waals surface area (Å²) in [6.45, 7) is 3.63. The standard InChI is InChI=1S/C13H19NO3/c1-9(14-8-11-3-2-6-17-11)12-5-4-10(15)7-13(12)16/h4-5,7,9,11,14-16H,2-3,6,8H2,1H3. The lowest BCUT2D eigenvalue weighted by atomic mass is 10.1. The van der Waals surface area contributed by atoms with Crippen molar-refractivity contribution in [1.29, 1.82) is 0 Å². The zero-order valence-corrected chi connectivity index (χ0v) is 10.0. The number of hydrogen-bond acceptors (Lipinski definition) is 4. The van der Waals surface area contributed by atoms with Crippen molar-refractivity contribution in [3.63, 3.8) is 0 Å². The minimum Gasteiger partial charge on any atom is -0.508 e. The third-order valence-corrected chi connectivity index (χ3v) is 3.16. The number of aromatic hydroxyl groups is 2. The van der Waals surface area contributed by atoms with Crippen LogP contribution in [0.4, 0.5) is 0 Å². The van der Waals surface area contributed by atoms with Crippen LogP contribution in [0.25, 0.3) is 0 Å². The van der Waals surface area contributed by atoms with E-state index in [1.165, 1.54) is 6.07 Å². The number of hydrogen-bond donors (Lipinski definition) is 3. The summed E-state index contributed by atoms with van der Waals surface area (Å²) in [5, 5.41) is 22.3. The number of phenolic OH excluding ortho intramolecular Hbond substituents is 2. The van der Waals surface area contributed by atoms with Gasteiger partial charge in [-0.25, -0.2) is 0 Å². The van der Waals surface area contributed by atoms with E-state index in [4.69, 9.17) is 4.74 Å². The Balaban J connectivity index is 1.91. The van der Waals surface area contributed by atoms with Crippen molar-refractivity contribution in [2.24, 2.45) is 0 Å². The number of phenols is 2. The molecule has 1 aromatic carbocycles. The highest BCUT2D eigenvalue weighted by Crippen LogP contribution is 2.27. The molecular formula is C13H19NO3. The van der Waals surface area contributed by atoms with Gasteiger partial charge in [0, 0.05) is 30.8 Å². The predicted octanol–water partition coefficient (Wildman–Crippen LogP) is 1.93. The molecule has 0 radical (unpaired) electrons. The molecule has 0 aromatic heterocycles. The fourth-order valence-corrected chi connectivity index (χ4v) is 2.12. The van der Waals surface area contributed by atoms with Crippen LogP contribution < -0.4 is 5.32 Å². The molecule has 3 N–H and O–H groups in total. The molecular weight excluding hydrogens is 218 g/mol. The molecule has 0 spiro atoms. The normalized spacial score (nSPS) is 21.6. The van der Waals surface area contributed by atoms with Gasteiger partial charge in [0.2, 0.25) is 0 Å². The molecule has 2 atom stereocenters. The van der Waals surface area contributed by atoms with Crippen LogP contribution in [0.1, 0.15) is 31.4 Å². The molecule has 1 aromatic rings. The molecule has 0 bridgehead atoms. The Kier molecular flexibility index (Phi) is 3.86. The highest BCUT2D eigenvalue weighted by atomic mass is 16.5. The first kappa shape index (κ1) is 12.2. The van der Waals surface area contributed by atoms with Gasteiger partial charge >= 0.3 is 0 Å². The molecule has 1 fully saturated rings. The van der Waals surface area contributed by atoms with Crippen LogP contribution in [0, 0.1) is 0 Å². The molecule has 0 amide bonds. The minimum atomic E-state index is 0.0415. The third kappa shape index (κ3) is 3.11. The molecule has 0 saturated carbocycles. The lowest BCUT2D eigenvalue weighted by Gasteiger charge is -2.18. The highest BCUT2D eigenvalue weighted by molar-refractivity contribution is 5.40. The van der Waals surface area contributed by atoms with E-state index in [1.807, 2.05) is 6.92 Å². The quantitative estimate of drug-likeness (QED) is 0.748. The number of nitrogens with one attached hydrogen (secondary N) is 1. The summed E-state index contributed by atoms with van der Waals surface area (Å²) < 4.78 is 5.52. The molecule has 1 aliphatic heterocycles. The van der Waals surface area contributed by atoms with Gasteiger partial charge in [-0.3, -0.25) is 0 Å². The largest absolute Gasteiger partial charge is 0.508 e. The van der Waals surface area contributed by atoms with E-state index < -0.39 is 0 Å². The minimum absolute atomic E-state index is 0.0415. The highest BCUT2D eigenvalue weighted by Gasteiger charge is 2.17. The third-order valence-electron chi connectivity index (χ3n) is 3.16. The molecule has 4 nitrogen and oxygen atoms in total. The lowest BCUT2D eigenvalue weighted by Crippen LogP contribution is -2.28. The first-order chi connectivity index (χ1) is 8.16. The van der Waals surface area contributed by atoms with Crippen molar-refractivity contribution in [3.05, 3.63) is 23.8 Å². The van der Waals surface area contributed by atoms with Gasteiger partial charge < -0.3 is 20.3 Å². The van der Waals surface area contributed by atoms with Gasteiger partial charge in [0.15, 0.2) is 0 Å². The summed E-state index contributed by atoms with van der Waals surface area (Å²) in [5.41, 5.74) is 0.792. The van der Waals surface area contributed by atoms with Crippen molar-refractivity contribution in [1.82, 2.24) is 5.32 Å². The summed E-state index contributed by atoms with van der Waals surface area (Å²) in [7, 11) is 0. The molecule has 1 aliphatic rings. The number of benzene rings is 1. The van der Waals surface area contributed by atoms with Crippen LogP contribution in [0.5, 0.6) is 11.5 Å². The Hall–Kier alpha value is -1.26. The van der Waals surface area contributed by atoms with Crippen LogP contribution in [-0.4, -0.2) is 29.5 Å². The van der Waals surface area contributed by atoms with Gasteiger partial charge in [-0.1, -0.05) is 6.07 Å². The number of rotatable bonds is 4. The topological polar surface area (TPSA) is 61.7 Å². The van der Waals surface area contributed by atoms with E-state index >= 15 is 0 Å². The van der Waals surface area contributed by atoms with Gasteiger partial charge in [-0.15, -0.1) is 0 Å². The van der Waals surface area contributed by atoms with Gasteiger partial charge in [-0.2, -0.15) is 0 Å². The van der Waals surface area contributed by atoms with Crippen LogP contribution in [0.2, 0.25) is 0 Å². The Bertz CT molecular complexity index is 375. The second-order valence-corrected chi connectivity index (χ2v) is 4.51. The Labute approximate surface area is 101 Å². The number of ether oxygens (including phenoxy) is 1. The summed E-state index contributed by atoms with van der Waals surface area (Å²) in [6, 6.07) is 4.72. The fourth-order valence-electron chi connectivity index (χ4n) is 2.12. The average Bonchev–Trinajstić information content (AvgIpc) is 2.78. The maximum absolute atomic E-state index is 9.72. The summed E-state index contributed by atoms with van der Waals surface area (Å²) in [4.78, 5) is 0. The van der Waals surface area contributed by atoms with Gasteiger partial charge in [0.05, 0.1) is 6.10 Å². The average molecular weight is 237 g/mol. The molecule has 2 rings (SSSR count). The Morgan fingerprint density at radius 1 is 1.47 bits per heavy atom. The summed E-state index contributed by atoms with van der Waals surface area (Å²) in [6.07, 6.45) is 2.52. The first-order valence-corrected chi connectivity index (χ1v) is 6.03. The van der Waals surface area contributed by atoms with E-state index in [2.05, 4.69) is 5.32 Å². The summed E-state index contributed by atoms with van der Waals surface area (Å²) in [5.74, 6) is 0.204. The molecule has 1 saturated heterocycles. The zero-order chi connectivity index (χ0) is 12.3. The predicted molar refractivity (Wildman–Crippen MR) is 65.2 cm³/mol. The molecule has 2 unspecified atom stereocenters. The van der Waals surface area contributed by atoms with Crippen LogP contribution in [-0.2, 0) is 4.74 Å². The van der Waals surface area contributed by atoms with E-state index in [1.54, 1.807) is 12.1 Å². The first-order valence-electron chi connectivity index (χ1n) is 6.03. The second kappa shape index (κ2) is 5.38. The van der Waals surface area contributed by atoms with Gasteiger partial charge in [0.1, 0.15) is 11.5 Å². The van der Waals surface area contributed by atoms with E-state index in [-0.39, 0.29) is 23.6 Å². The van der Waals surface area contributed by atoms with Crippen molar-refractivity contribution < 1.29 is 14.9 Å². The van der Waals surface area contributed by atoms with Crippen LogP contribution in [0.3, 0.4) is 0 Å². The van der Waals surface area contributed by atoms with E-state index in [9.17, 15) is 10.2 Å². The molecule has 4 heteroatoms. The van der Waals surface area contributed by atoms with Gasteiger partial charge in [0.25, 0.3) is 0 Å². The smallest absolute Gasteiger partial charge is 0.124 e. The van der Waals surface area contributed by atoms with Crippen molar-refractivity contribution in [3.8, 4) is 11.5 Å². The maximum atomic E-state index is 9.72.